The molecule has 0 aromatic heterocycles. The highest BCUT2D eigenvalue weighted by atomic mass is 32.2. The Morgan fingerprint density at radius 2 is 1.95 bits per heavy atom. The molecular weight excluding hydrogens is 262 g/mol. The Morgan fingerprint density at radius 1 is 1.26 bits per heavy atom. The second kappa shape index (κ2) is 7.57. The van der Waals surface area contributed by atoms with Gasteiger partial charge in [-0.25, -0.2) is 0 Å². The minimum Gasteiger partial charge on any atom is -0.320 e. The average Bonchev–Trinajstić information content (AvgIpc) is 2.33. The van der Waals surface area contributed by atoms with Crippen LogP contribution in [-0.2, 0) is 10.2 Å². The van der Waals surface area contributed by atoms with Crippen LogP contribution in [0.2, 0.25) is 0 Å². The molecule has 2 N–H and O–H groups in total. The largest absolute Gasteiger partial charge is 0.320 e. The van der Waals surface area contributed by atoms with Gasteiger partial charge in [-0.3, -0.25) is 0 Å². The van der Waals surface area contributed by atoms with E-state index in [1.807, 2.05) is 7.05 Å². The zero-order valence-electron chi connectivity index (χ0n) is 12.6. The van der Waals surface area contributed by atoms with Gasteiger partial charge in [0.05, 0.1) is 0 Å². The van der Waals surface area contributed by atoms with Crippen molar-refractivity contribution in [1.82, 2.24) is 14.3 Å². The summed E-state index contributed by atoms with van der Waals surface area (Å²) in [5.41, 5.74) is 0. The van der Waals surface area contributed by atoms with Crippen molar-refractivity contribution >= 4 is 10.2 Å². The van der Waals surface area contributed by atoms with Crippen molar-refractivity contribution in [2.75, 3.05) is 27.2 Å². The molecule has 1 aliphatic rings. The summed E-state index contributed by atoms with van der Waals surface area (Å²) < 4.78 is 28.7. The van der Waals surface area contributed by atoms with Crippen molar-refractivity contribution in [2.45, 2.75) is 45.6 Å². The fourth-order valence-corrected chi connectivity index (χ4v) is 4.00. The van der Waals surface area contributed by atoms with Crippen molar-refractivity contribution in [3.05, 3.63) is 0 Å². The maximum Gasteiger partial charge on any atom is 0.279 e. The van der Waals surface area contributed by atoms with E-state index in [9.17, 15) is 8.42 Å². The van der Waals surface area contributed by atoms with Crippen molar-refractivity contribution in [3.63, 3.8) is 0 Å². The molecule has 0 aliphatic heterocycles. The van der Waals surface area contributed by atoms with Crippen LogP contribution in [-0.4, -0.2) is 45.9 Å². The molecule has 5 nitrogen and oxygen atoms in total. The molecule has 114 valence electrons. The Morgan fingerprint density at radius 3 is 2.53 bits per heavy atom. The Kier molecular flexibility index (Phi) is 6.73. The molecular formula is C13H29N3O2S. The molecule has 0 heterocycles. The van der Waals surface area contributed by atoms with E-state index in [-0.39, 0.29) is 6.04 Å². The highest BCUT2D eigenvalue weighted by Crippen LogP contribution is 2.29. The van der Waals surface area contributed by atoms with E-state index >= 15 is 0 Å². The third-order valence-electron chi connectivity index (χ3n) is 4.04. The topological polar surface area (TPSA) is 61.4 Å². The van der Waals surface area contributed by atoms with Crippen molar-refractivity contribution in [3.8, 4) is 0 Å². The zero-order valence-corrected chi connectivity index (χ0v) is 13.5. The van der Waals surface area contributed by atoms with E-state index in [2.05, 4.69) is 23.9 Å². The molecule has 1 rings (SSSR count). The molecule has 0 bridgehead atoms. The quantitative estimate of drug-likeness (QED) is 0.693. The van der Waals surface area contributed by atoms with Crippen LogP contribution in [0.3, 0.4) is 0 Å². The monoisotopic (exact) mass is 291 g/mol. The third kappa shape index (κ3) is 5.38. The lowest BCUT2D eigenvalue weighted by atomic mass is 9.80. The van der Waals surface area contributed by atoms with Crippen LogP contribution >= 0.6 is 0 Å². The molecule has 0 aromatic carbocycles. The van der Waals surface area contributed by atoms with Gasteiger partial charge in [0.2, 0.25) is 0 Å². The van der Waals surface area contributed by atoms with E-state index in [1.54, 1.807) is 7.05 Å². The Hall–Kier alpha value is -0.170. The first kappa shape index (κ1) is 16.9. The van der Waals surface area contributed by atoms with Gasteiger partial charge in [0.25, 0.3) is 10.2 Å². The van der Waals surface area contributed by atoms with Gasteiger partial charge in [-0.2, -0.15) is 17.4 Å². The van der Waals surface area contributed by atoms with Crippen LogP contribution in [0.5, 0.6) is 0 Å². The van der Waals surface area contributed by atoms with E-state index < -0.39 is 10.2 Å². The van der Waals surface area contributed by atoms with Crippen molar-refractivity contribution in [2.24, 2.45) is 11.8 Å². The van der Waals surface area contributed by atoms with Gasteiger partial charge < -0.3 is 5.32 Å². The van der Waals surface area contributed by atoms with Crippen molar-refractivity contribution < 1.29 is 8.42 Å². The van der Waals surface area contributed by atoms with E-state index in [0.717, 1.165) is 32.2 Å². The fraction of sp³-hybridized carbons (Fsp3) is 1.00. The molecule has 6 heteroatoms. The minimum absolute atomic E-state index is 0.0907. The fourth-order valence-electron chi connectivity index (χ4n) is 2.72. The Bertz CT molecular complexity index is 359. The molecule has 0 amide bonds. The van der Waals surface area contributed by atoms with Gasteiger partial charge >= 0.3 is 0 Å². The van der Waals surface area contributed by atoms with Crippen LogP contribution in [0.4, 0.5) is 0 Å². The molecule has 1 aliphatic carbocycles. The van der Waals surface area contributed by atoms with Crippen LogP contribution < -0.4 is 10.0 Å². The molecule has 1 fully saturated rings. The normalized spacial score (nSPS) is 28.8. The predicted molar refractivity (Wildman–Crippen MR) is 79.2 cm³/mol. The number of nitrogens with zero attached hydrogens (tertiary/aromatic N) is 1. The zero-order chi connectivity index (χ0) is 14.5. The summed E-state index contributed by atoms with van der Waals surface area (Å²) in [5.74, 6) is 1.13. The lowest BCUT2D eigenvalue weighted by Gasteiger charge is -2.34. The SMILES string of the molecule is CNCCCN(C)S(=O)(=O)NC1CCC(C)CC1C. The van der Waals surface area contributed by atoms with Crippen LogP contribution in [0.15, 0.2) is 0 Å². The summed E-state index contributed by atoms with van der Waals surface area (Å²) in [5, 5.41) is 3.03. The summed E-state index contributed by atoms with van der Waals surface area (Å²) >= 11 is 0. The van der Waals surface area contributed by atoms with Crippen LogP contribution in [0.1, 0.15) is 39.5 Å². The second-order valence-electron chi connectivity index (χ2n) is 5.90. The van der Waals surface area contributed by atoms with Crippen LogP contribution in [0.25, 0.3) is 0 Å². The third-order valence-corrected chi connectivity index (χ3v) is 5.65. The molecule has 0 radical (unpaired) electrons. The molecule has 19 heavy (non-hydrogen) atoms. The van der Waals surface area contributed by atoms with Gasteiger partial charge in [-0.05, 0) is 51.1 Å². The lowest BCUT2D eigenvalue weighted by molar-refractivity contribution is 0.246. The molecule has 0 spiro atoms. The molecule has 3 unspecified atom stereocenters. The second-order valence-corrected chi connectivity index (χ2v) is 7.71. The van der Waals surface area contributed by atoms with Gasteiger partial charge in [0.15, 0.2) is 0 Å². The lowest BCUT2D eigenvalue weighted by Crippen LogP contribution is -2.48. The van der Waals surface area contributed by atoms with E-state index in [0.29, 0.717) is 18.4 Å². The molecule has 0 aromatic rings. The number of rotatable bonds is 7. The predicted octanol–water partition coefficient (Wildman–Crippen LogP) is 1.19. The maximum absolute atomic E-state index is 12.2. The Labute approximate surface area is 118 Å². The first-order valence-electron chi connectivity index (χ1n) is 7.25. The molecule has 3 atom stereocenters. The summed E-state index contributed by atoms with van der Waals surface area (Å²) in [4.78, 5) is 0. The van der Waals surface area contributed by atoms with E-state index in [1.165, 1.54) is 4.31 Å². The van der Waals surface area contributed by atoms with Gasteiger partial charge in [0.1, 0.15) is 0 Å². The van der Waals surface area contributed by atoms with Crippen molar-refractivity contribution in [1.29, 1.82) is 0 Å². The summed E-state index contributed by atoms with van der Waals surface area (Å²) in [6.07, 6.45) is 3.99. The minimum atomic E-state index is -3.34. The first-order chi connectivity index (χ1) is 8.86. The molecule has 1 saturated carbocycles. The standard InChI is InChI=1S/C13H29N3O2S/c1-11-6-7-13(12(2)10-11)15-19(17,18)16(4)9-5-8-14-3/h11-15H,5-10H2,1-4H3. The first-order valence-corrected chi connectivity index (χ1v) is 8.69. The average molecular weight is 291 g/mol. The summed E-state index contributed by atoms with van der Waals surface area (Å²) in [6, 6.07) is 0.0907. The molecule has 0 saturated heterocycles. The maximum atomic E-state index is 12.2. The smallest absolute Gasteiger partial charge is 0.279 e. The Balaban J connectivity index is 2.49. The van der Waals surface area contributed by atoms with E-state index in [4.69, 9.17) is 0 Å². The highest BCUT2D eigenvalue weighted by molar-refractivity contribution is 7.87. The number of nitrogens with one attached hydrogen (secondary N) is 2. The number of hydrogen-bond acceptors (Lipinski definition) is 3. The van der Waals surface area contributed by atoms with Gasteiger partial charge in [0, 0.05) is 19.6 Å². The van der Waals surface area contributed by atoms with Gasteiger partial charge in [-0.15, -0.1) is 0 Å². The van der Waals surface area contributed by atoms with Gasteiger partial charge in [-0.1, -0.05) is 13.8 Å². The number of hydrogen-bond donors (Lipinski definition) is 2. The summed E-state index contributed by atoms with van der Waals surface area (Å²) in [7, 11) is 0.184. The summed E-state index contributed by atoms with van der Waals surface area (Å²) in [6.45, 7) is 5.76. The van der Waals surface area contributed by atoms with Crippen LogP contribution in [0, 0.1) is 11.8 Å². The highest BCUT2D eigenvalue weighted by Gasteiger charge is 2.30.